The van der Waals surface area contributed by atoms with Gasteiger partial charge in [0.25, 0.3) is 0 Å². The zero-order valence-corrected chi connectivity index (χ0v) is 15.5. The largest absolute Gasteiger partial charge is 0.494 e. The van der Waals surface area contributed by atoms with Crippen molar-refractivity contribution in [2.75, 3.05) is 18.5 Å². The fourth-order valence-corrected chi connectivity index (χ4v) is 3.12. The molecular weight excluding hydrogens is 328 g/mol. The van der Waals surface area contributed by atoms with Crippen molar-refractivity contribution in [2.45, 2.75) is 51.0 Å². The second-order valence-corrected chi connectivity index (χ2v) is 6.73. The molecule has 0 aliphatic carbocycles. The third-order valence-corrected chi connectivity index (χ3v) is 4.55. The minimum absolute atomic E-state index is 0.412. The molecule has 1 unspecified atom stereocenters. The molecule has 1 aromatic carbocycles. The Morgan fingerprint density at radius 2 is 2.23 bits per heavy atom. The molecule has 0 spiro atoms. The first-order valence-electron chi connectivity index (χ1n) is 9.51. The molecule has 7 heteroatoms. The standard InChI is InChI=1S/C19H28N6O/c1-25-19(22-23-24-25)21-12-7-13-26-18-10-6-8-16(15-18)14-17-9-4-2-3-5-11-20-17/h6,8,10-11,15,17H,2-5,7,9,12-14H2,1H3,(H,21,22,24). The number of ether oxygens (including phenoxy) is 1. The molecule has 0 saturated heterocycles. The molecule has 0 bridgehead atoms. The lowest BCUT2D eigenvalue weighted by atomic mass is 9.99. The van der Waals surface area contributed by atoms with Crippen molar-refractivity contribution in [3.63, 3.8) is 0 Å². The van der Waals surface area contributed by atoms with Crippen LogP contribution in [0.4, 0.5) is 5.95 Å². The minimum Gasteiger partial charge on any atom is -0.494 e. The first-order chi connectivity index (χ1) is 12.8. The number of rotatable bonds is 8. The van der Waals surface area contributed by atoms with Crippen molar-refractivity contribution in [1.82, 2.24) is 20.2 Å². The Morgan fingerprint density at radius 1 is 1.27 bits per heavy atom. The van der Waals surface area contributed by atoms with E-state index in [-0.39, 0.29) is 0 Å². The van der Waals surface area contributed by atoms with E-state index in [1.807, 2.05) is 13.1 Å². The highest BCUT2D eigenvalue weighted by molar-refractivity contribution is 5.57. The van der Waals surface area contributed by atoms with Crippen molar-refractivity contribution in [3.05, 3.63) is 29.8 Å². The van der Waals surface area contributed by atoms with Crippen LogP contribution in [0, 0.1) is 0 Å². The van der Waals surface area contributed by atoms with Crippen LogP contribution in [-0.4, -0.2) is 45.6 Å². The smallest absolute Gasteiger partial charge is 0.242 e. The van der Waals surface area contributed by atoms with E-state index < -0.39 is 0 Å². The summed E-state index contributed by atoms with van der Waals surface area (Å²) in [4.78, 5) is 4.73. The molecule has 0 fully saturated rings. The maximum atomic E-state index is 5.89. The van der Waals surface area contributed by atoms with Gasteiger partial charge in [-0.2, -0.15) is 0 Å². The second kappa shape index (κ2) is 9.89. The number of tetrazole rings is 1. The Balaban J connectivity index is 1.42. The summed E-state index contributed by atoms with van der Waals surface area (Å²) in [5.74, 6) is 1.60. The average molecular weight is 356 g/mol. The van der Waals surface area contributed by atoms with Crippen molar-refractivity contribution >= 4 is 12.2 Å². The number of hydrogen-bond acceptors (Lipinski definition) is 6. The number of anilines is 1. The molecule has 1 N–H and O–H groups in total. The summed E-state index contributed by atoms with van der Waals surface area (Å²) in [6.07, 6.45) is 10.2. The number of aliphatic imine (C=N–C) groups is 1. The van der Waals surface area contributed by atoms with Crippen LogP contribution in [0.3, 0.4) is 0 Å². The van der Waals surface area contributed by atoms with E-state index in [0.717, 1.165) is 31.6 Å². The predicted octanol–water partition coefficient (Wildman–Crippen LogP) is 3.04. The molecule has 0 radical (unpaired) electrons. The van der Waals surface area contributed by atoms with E-state index in [0.29, 0.717) is 18.6 Å². The van der Waals surface area contributed by atoms with Gasteiger partial charge < -0.3 is 10.1 Å². The summed E-state index contributed by atoms with van der Waals surface area (Å²) in [5.41, 5.74) is 1.30. The van der Waals surface area contributed by atoms with E-state index in [9.17, 15) is 0 Å². The van der Waals surface area contributed by atoms with Crippen LogP contribution >= 0.6 is 0 Å². The van der Waals surface area contributed by atoms with Gasteiger partial charge in [0.2, 0.25) is 5.95 Å². The van der Waals surface area contributed by atoms with Gasteiger partial charge in [0.05, 0.1) is 12.6 Å². The molecule has 7 nitrogen and oxygen atoms in total. The van der Waals surface area contributed by atoms with Gasteiger partial charge >= 0.3 is 0 Å². The van der Waals surface area contributed by atoms with E-state index in [1.54, 1.807) is 4.68 Å². The second-order valence-electron chi connectivity index (χ2n) is 6.73. The predicted molar refractivity (Wildman–Crippen MR) is 103 cm³/mol. The van der Waals surface area contributed by atoms with Crippen LogP contribution in [0.15, 0.2) is 29.3 Å². The highest BCUT2D eigenvalue weighted by Crippen LogP contribution is 2.19. The minimum atomic E-state index is 0.412. The number of hydrogen-bond donors (Lipinski definition) is 1. The van der Waals surface area contributed by atoms with Gasteiger partial charge in [0.15, 0.2) is 0 Å². The molecule has 0 amide bonds. The topological polar surface area (TPSA) is 77.2 Å². The number of nitrogens with one attached hydrogen (secondary N) is 1. The molecule has 1 aromatic heterocycles. The third-order valence-electron chi connectivity index (χ3n) is 4.55. The molecule has 2 heterocycles. The Morgan fingerprint density at radius 3 is 3.12 bits per heavy atom. The first-order valence-corrected chi connectivity index (χ1v) is 9.51. The van der Waals surface area contributed by atoms with Crippen molar-refractivity contribution in [1.29, 1.82) is 0 Å². The quantitative estimate of drug-likeness (QED) is 0.736. The van der Waals surface area contributed by atoms with E-state index >= 15 is 0 Å². The van der Waals surface area contributed by atoms with Gasteiger partial charge in [0.1, 0.15) is 5.75 Å². The van der Waals surface area contributed by atoms with Crippen LogP contribution in [-0.2, 0) is 13.5 Å². The number of benzene rings is 1. The zero-order chi connectivity index (χ0) is 18.0. The lowest BCUT2D eigenvalue weighted by molar-refractivity contribution is 0.314. The maximum Gasteiger partial charge on any atom is 0.242 e. The summed E-state index contributed by atoms with van der Waals surface area (Å²) >= 11 is 0. The molecule has 1 aliphatic rings. The lowest BCUT2D eigenvalue weighted by Gasteiger charge is -2.15. The van der Waals surface area contributed by atoms with Crippen LogP contribution in [0.5, 0.6) is 5.75 Å². The number of aromatic nitrogens is 4. The van der Waals surface area contributed by atoms with Crippen molar-refractivity contribution < 1.29 is 4.74 Å². The zero-order valence-electron chi connectivity index (χ0n) is 15.5. The van der Waals surface area contributed by atoms with E-state index in [1.165, 1.54) is 31.2 Å². The molecule has 0 saturated carbocycles. The van der Waals surface area contributed by atoms with Gasteiger partial charge in [-0.1, -0.05) is 30.1 Å². The molecular formula is C19H28N6O. The van der Waals surface area contributed by atoms with Crippen molar-refractivity contribution in [2.24, 2.45) is 12.0 Å². The van der Waals surface area contributed by atoms with Crippen LogP contribution in [0.1, 0.15) is 44.1 Å². The Hall–Kier alpha value is -2.44. The third kappa shape index (κ3) is 5.82. The summed E-state index contributed by atoms with van der Waals surface area (Å²) in [7, 11) is 1.81. The summed E-state index contributed by atoms with van der Waals surface area (Å²) < 4.78 is 7.51. The molecule has 140 valence electrons. The first kappa shape index (κ1) is 18.4. The Bertz CT molecular complexity index is 699. The average Bonchev–Trinajstić information content (AvgIpc) is 3.02. The lowest BCUT2D eigenvalue weighted by Crippen LogP contribution is -2.11. The van der Waals surface area contributed by atoms with Crippen molar-refractivity contribution in [3.8, 4) is 5.75 Å². The highest BCUT2D eigenvalue weighted by atomic mass is 16.5. The monoisotopic (exact) mass is 356 g/mol. The highest BCUT2D eigenvalue weighted by Gasteiger charge is 2.10. The molecule has 1 aliphatic heterocycles. The SMILES string of the molecule is Cn1nnnc1NCCCOc1cccc(CC2CCCCCC=N2)c1. The van der Waals surface area contributed by atoms with Gasteiger partial charge in [0, 0.05) is 13.6 Å². The summed E-state index contributed by atoms with van der Waals surface area (Å²) in [6.45, 7) is 1.42. The molecule has 26 heavy (non-hydrogen) atoms. The van der Waals surface area contributed by atoms with Crippen LogP contribution in [0.25, 0.3) is 0 Å². The molecule has 2 aromatic rings. The number of nitrogens with zero attached hydrogens (tertiary/aromatic N) is 5. The Labute approximate surface area is 154 Å². The van der Waals surface area contributed by atoms with E-state index in [2.05, 4.69) is 45.3 Å². The molecule has 1 atom stereocenters. The van der Waals surface area contributed by atoms with E-state index in [4.69, 9.17) is 9.73 Å². The Kier molecular flexibility index (Phi) is 6.98. The summed E-state index contributed by atoms with van der Waals surface area (Å²) in [6, 6.07) is 8.82. The fraction of sp³-hybridized carbons (Fsp3) is 0.579. The maximum absolute atomic E-state index is 5.89. The van der Waals surface area contributed by atoms with Gasteiger partial charge in [-0.3, -0.25) is 4.99 Å². The summed E-state index contributed by atoms with van der Waals surface area (Å²) in [5, 5.41) is 14.5. The fourth-order valence-electron chi connectivity index (χ4n) is 3.12. The van der Waals surface area contributed by atoms with Gasteiger partial charge in [-0.15, -0.1) is 0 Å². The van der Waals surface area contributed by atoms with Gasteiger partial charge in [-0.25, -0.2) is 4.68 Å². The molecule has 3 rings (SSSR count). The van der Waals surface area contributed by atoms with Gasteiger partial charge in [-0.05, 0) is 66.4 Å². The number of aryl methyl sites for hydroxylation is 1. The van der Waals surface area contributed by atoms with Crippen LogP contribution in [0.2, 0.25) is 0 Å². The van der Waals surface area contributed by atoms with Crippen LogP contribution < -0.4 is 10.1 Å². The normalized spacial score (nSPS) is 17.5.